The lowest BCUT2D eigenvalue weighted by molar-refractivity contribution is 0.0593. The van der Waals surface area contributed by atoms with E-state index in [2.05, 4.69) is 14.9 Å². The van der Waals surface area contributed by atoms with E-state index in [1.54, 1.807) is 25.3 Å². The van der Waals surface area contributed by atoms with Crippen molar-refractivity contribution < 1.29 is 19.0 Å². The zero-order valence-corrected chi connectivity index (χ0v) is 10.3. The van der Waals surface area contributed by atoms with Crippen LogP contribution in [-0.2, 0) is 4.74 Å². The Hall–Kier alpha value is -2.37. The van der Waals surface area contributed by atoms with Crippen molar-refractivity contribution in [3.8, 4) is 11.5 Å². The number of aromatic nitrogens is 2. The van der Waals surface area contributed by atoms with E-state index in [1.165, 1.54) is 14.2 Å². The van der Waals surface area contributed by atoms with Crippen LogP contribution in [0.5, 0.6) is 11.5 Å². The van der Waals surface area contributed by atoms with Gasteiger partial charge in [0.25, 0.3) is 0 Å². The van der Waals surface area contributed by atoms with Crippen LogP contribution in [0.4, 0.5) is 0 Å². The summed E-state index contributed by atoms with van der Waals surface area (Å²) in [5.74, 6) is 0.631. The van der Waals surface area contributed by atoms with Crippen molar-refractivity contribution in [2.24, 2.45) is 0 Å². The second kappa shape index (κ2) is 4.87. The van der Waals surface area contributed by atoms with E-state index in [-0.39, 0.29) is 5.69 Å². The lowest BCUT2D eigenvalue weighted by Gasteiger charge is -2.08. The van der Waals surface area contributed by atoms with Gasteiger partial charge in [0.05, 0.1) is 21.3 Å². The Morgan fingerprint density at radius 2 is 1.83 bits per heavy atom. The van der Waals surface area contributed by atoms with Crippen molar-refractivity contribution in [2.75, 3.05) is 21.3 Å². The number of benzene rings is 1. The van der Waals surface area contributed by atoms with Crippen LogP contribution in [0.3, 0.4) is 0 Å². The number of methoxy groups -OCH3 is 3. The number of esters is 1. The molecule has 0 radical (unpaired) electrons. The van der Waals surface area contributed by atoms with Crippen molar-refractivity contribution in [2.45, 2.75) is 0 Å². The molecule has 1 heterocycles. The first kappa shape index (κ1) is 12.1. The van der Waals surface area contributed by atoms with E-state index in [1.807, 2.05) is 0 Å². The minimum Gasteiger partial charge on any atom is -0.497 e. The number of hydrogen-bond acceptors (Lipinski definition) is 6. The fourth-order valence-electron chi connectivity index (χ4n) is 1.58. The van der Waals surface area contributed by atoms with E-state index >= 15 is 0 Å². The lowest BCUT2D eigenvalue weighted by atomic mass is 10.2. The summed E-state index contributed by atoms with van der Waals surface area (Å²) >= 11 is 0. The zero-order valence-electron chi connectivity index (χ0n) is 10.3. The molecule has 0 aliphatic rings. The highest BCUT2D eigenvalue weighted by molar-refractivity contribution is 5.94. The van der Waals surface area contributed by atoms with E-state index in [0.29, 0.717) is 22.4 Å². The Balaban J connectivity index is 2.65. The summed E-state index contributed by atoms with van der Waals surface area (Å²) < 4.78 is 15.0. The van der Waals surface area contributed by atoms with Gasteiger partial charge in [-0.25, -0.2) is 4.79 Å². The number of ether oxygens (including phenoxy) is 3. The van der Waals surface area contributed by atoms with Crippen molar-refractivity contribution in [3.63, 3.8) is 0 Å². The number of carbonyl (C=O) groups is 1. The van der Waals surface area contributed by atoms with Gasteiger partial charge in [-0.1, -0.05) is 0 Å². The van der Waals surface area contributed by atoms with Gasteiger partial charge in [-0.2, -0.15) is 0 Å². The Morgan fingerprint density at radius 3 is 2.44 bits per heavy atom. The number of rotatable bonds is 3. The van der Waals surface area contributed by atoms with Gasteiger partial charge in [-0.05, 0) is 6.07 Å². The highest BCUT2D eigenvalue weighted by Crippen LogP contribution is 2.29. The number of hydrogen-bond donors (Lipinski definition) is 0. The summed E-state index contributed by atoms with van der Waals surface area (Å²) in [6, 6.07) is 5.00. The van der Waals surface area contributed by atoms with Gasteiger partial charge in [0.1, 0.15) is 17.0 Å². The van der Waals surface area contributed by atoms with Gasteiger partial charge in [0, 0.05) is 17.5 Å². The number of nitrogens with zero attached hydrogens (tertiary/aromatic N) is 2. The smallest absolute Gasteiger partial charge is 0.358 e. The van der Waals surface area contributed by atoms with Crippen LogP contribution in [0.25, 0.3) is 10.9 Å². The number of fused-ring (bicyclic) bond motifs is 1. The van der Waals surface area contributed by atoms with Crippen LogP contribution in [0.15, 0.2) is 18.2 Å². The third kappa shape index (κ3) is 2.04. The third-order valence-corrected chi connectivity index (χ3v) is 2.49. The summed E-state index contributed by atoms with van der Waals surface area (Å²) in [6.07, 6.45) is 0. The van der Waals surface area contributed by atoms with Crippen molar-refractivity contribution in [3.05, 3.63) is 23.9 Å². The molecule has 94 valence electrons. The maximum Gasteiger partial charge on any atom is 0.358 e. The first-order valence-electron chi connectivity index (χ1n) is 5.17. The molecule has 1 aromatic carbocycles. The molecule has 0 unspecified atom stereocenters. The molecule has 1 aromatic heterocycles. The fourth-order valence-corrected chi connectivity index (χ4v) is 1.58. The molecular weight excluding hydrogens is 236 g/mol. The molecule has 0 atom stereocenters. The minimum absolute atomic E-state index is 0.133. The molecule has 0 amide bonds. The van der Waals surface area contributed by atoms with Crippen molar-refractivity contribution >= 4 is 16.9 Å². The molecule has 18 heavy (non-hydrogen) atoms. The van der Waals surface area contributed by atoms with Crippen LogP contribution in [0, 0.1) is 0 Å². The summed E-state index contributed by atoms with van der Waals surface area (Å²) in [5, 5.41) is 8.42. The maximum atomic E-state index is 11.4. The molecule has 0 N–H and O–H groups in total. The van der Waals surface area contributed by atoms with E-state index in [4.69, 9.17) is 9.47 Å². The second-order valence-corrected chi connectivity index (χ2v) is 3.48. The quantitative estimate of drug-likeness (QED) is 0.765. The fraction of sp³-hybridized carbons (Fsp3) is 0.250. The largest absolute Gasteiger partial charge is 0.497 e. The van der Waals surface area contributed by atoms with Gasteiger partial charge < -0.3 is 14.2 Å². The molecule has 6 nitrogen and oxygen atoms in total. The summed E-state index contributed by atoms with van der Waals surface area (Å²) in [7, 11) is 4.38. The molecule has 6 heteroatoms. The predicted octanol–water partition coefficient (Wildman–Crippen LogP) is 1.43. The van der Waals surface area contributed by atoms with Gasteiger partial charge in [-0.3, -0.25) is 0 Å². The molecule has 0 spiro atoms. The van der Waals surface area contributed by atoms with Gasteiger partial charge in [0.15, 0.2) is 5.69 Å². The van der Waals surface area contributed by atoms with Crippen LogP contribution < -0.4 is 9.47 Å². The molecule has 0 saturated carbocycles. The standard InChI is InChI=1S/C12H12N2O4/c1-16-7-4-9-8(11(5-7)17-2)6-10(14-13-9)12(15)18-3/h4-6H,1-3H3. The first-order chi connectivity index (χ1) is 8.69. The lowest BCUT2D eigenvalue weighted by Crippen LogP contribution is -2.05. The minimum atomic E-state index is -0.540. The highest BCUT2D eigenvalue weighted by atomic mass is 16.5. The number of carbonyl (C=O) groups excluding carboxylic acids is 1. The van der Waals surface area contributed by atoms with Gasteiger partial charge in [-0.15, -0.1) is 10.2 Å². The maximum absolute atomic E-state index is 11.4. The van der Waals surface area contributed by atoms with E-state index < -0.39 is 5.97 Å². The topological polar surface area (TPSA) is 70.5 Å². The van der Waals surface area contributed by atoms with Crippen molar-refractivity contribution in [1.29, 1.82) is 0 Å². The average Bonchev–Trinajstić information content (AvgIpc) is 2.44. The molecule has 0 saturated heterocycles. The summed E-state index contributed by atoms with van der Waals surface area (Å²) in [4.78, 5) is 11.4. The highest BCUT2D eigenvalue weighted by Gasteiger charge is 2.13. The zero-order chi connectivity index (χ0) is 13.1. The normalized spacial score (nSPS) is 10.2. The third-order valence-electron chi connectivity index (χ3n) is 2.49. The van der Waals surface area contributed by atoms with Gasteiger partial charge >= 0.3 is 5.97 Å². The molecule has 0 fully saturated rings. The molecule has 0 aliphatic heterocycles. The van der Waals surface area contributed by atoms with Crippen LogP contribution in [-0.4, -0.2) is 37.5 Å². The monoisotopic (exact) mass is 248 g/mol. The Morgan fingerprint density at radius 1 is 1.06 bits per heavy atom. The average molecular weight is 248 g/mol. The SMILES string of the molecule is COC(=O)c1cc2c(OC)cc(OC)cc2nn1. The predicted molar refractivity (Wildman–Crippen MR) is 64.0 cm³/mol. The Bertz CT molecular complexity index is 598. The van der Waals surface area contributed by atoms with Crippen LogP contribution >= 0.6 is 0 Å². The van der Waals surface area contributed by atoms with Crippen LogP contribution in [0.1, 0.15) is 10.5 Å². The second-order valence-electron chi connectivity index (χ2n) is 3.48. The molecule has 0 aliphatic carbocycles. The molecule has 0 bridgehead atoms. The Kier molecular flexibility index (Phi) is 3.27. The summed E-state index contributed by atoms with van der Waals surface area (Å²) in [5.41, 5.74) is 0.715. The van der Waals surface area contributed by atoms with E-state index in [0.717, 1.165) is 0 Å². The van der Waals surface area contributed by atoms with Crippen LogP contribution in [0.2, 0.25) is 0 Å². The summed E-state index contributed by atoms with van der Waals surface area (Å²) in [6.45, 7) is 0. The van der Waals surface area contributed by atoms with E-state index in [9.17, 15) is 4.79 Å². The molecule has 2 aromatic rings. The molecular formula is C12H12N2O4. The Labute approximate surface area is 103 Å². The molecule has 2 rings (SSSR count). The first-order valence-corrected chi connectivity index (χ1v) is 5.17. The van der Waals surface area contributed by atoms with Crippen molar-refractivity contribution in [1.82, 2.24) is 10.2 Å². The van der Waals surface area contributed by atoms with Gasteiger partial charge in [0.2, 0.25) is 0 Å².